The van der Waals surface area contributed by atoms with Gasteiger partial charge < -0.3 is 10.4 Å². The molecule has 0 saturated carbocycles. The fourth-order valence-corrected chi connectivity index (χ4v) is 5.88. The molecule has 1 aliphatic rings. The smallest absolute Gasteiger partial charge is 0.389 e. The highest BCUT2D eigenvalue weighted by Crippen LogP contribution is 2.38. The van der Waals surface area contributed by atoms with E-state index in [1.807, 2.05) is 54.6 Å². The lowest BCUT2D eigenvalue weighted by molar-refractivity contribution is -0.145. The third kappa shape index (κ3) is 7.07. The van der Waals surface area contributed by atoms with E-state index in [9.17, 15) is 27.9 Å². The first-order valence-corrected chi connectivity index (χ1v) is 13.9. The van der Waals surface area contributed by atoms with Gasteiger partial charge in [0.15, 0.2) is 0 Å². The predicted octanol–water partition coefficient (Wildman–Crippen LogP) is 6.98. The van der Waals surface area contributed by atoms with E-state index in [-0.39, 0.29) is 17.5 Å². The Morgan fingerprint density at radius 2 is 1.43 bits per heavy atom. The van der Waals surface area contributed by atoms with Crippen molar-refractivity contribution in [2.24, 2.45) is 0 Å². The molecule has 0 spiro atoms. The van der Waals surface area contributed by atoms with Crippen LogP contribution in [-0.2, 0) is 21.5 Å². The standard InChI is InChI=1S/C33H33F3N2O3.FH/c34-33(35,36)15-5-10-29(30(39)40)37-31(41)32(28-14-13-25-7-2-4-9-27(25)21-28)16-18-38(19-17-32)22-23-11-12-24-6-1-3-8-26(24)20-23;/h1-4,6-9,11-14,20-21,29H,5,10,15-19,22H2,(H,37,41)(H,39,40);1H/t29-;/m0./s1. The number of hydrogen-bond donors (Lipinski definition) is 2. The number of nitrogens with one attached hydrogen (secondary N) is 1. The van der Waals surface area contributed by atoms with Crippen molar-refractivity contribution in [3.05, 3.63) is 96.1 Å². The number of carbonyl (C=O) groups excluding carboxylic acids is 1. The van der Waals surface area contributed by atoms with Gasteiger partial charge in [0, 0.05) is 13.0 Å². The van der Waals surface area contributed by atoms with Crippen molar-refractivity contribution in [2.75, 3.05) is 13.1 Å². The number of nitrogens with zero attached hydrogens (tertiary/aromatic N) is 1. The number of aliphatic carboxylic acids is 1. The Hall–Kier alpha value is -3.98. The fraction of sp³-hybridized carbons (Fsp3) is 0.333. The number of carboxylic acids is 1. The van der Waals surface area contributed by atoms with E-state index in [1.54, 1.807) is 0 Å². The highest BCUT2D eigenvalue weighted by Gasteiger charge is 2.44. The molecule has 5 rings (SSSR count). The largest absolute Gasteiger partial charge is 0.480 e. The summed E-state index contributed by atoms with van der Waals surface area (Å²) in [6.07, 6.45) is -5.21. The Kier molecular flexibility index (Phi) is 9.51. The molecular weight excluding hydrogens is 548 g/mol. The fourth-order valence-electron chi connectivity index (χ4n) is 5.88. The Labute approximate surface area is 241 Å². The summed E-state index contributed by atoms with van der Waals surface area (Å²) in [5.41, 5.74) is 0.960. The molecule has 0 aliphatic carbocycles. The van der Waals surface area contributed by atoms with Crippen molar-refractivity contribution in [2.45, 2.75) is 56.3 Å². The summed E-state index contributed by atoms with van der Waals surface area (Å²) >= 11 is 0. The molecule has 1 heterocycles. The van der Waals surface area contributed by atoms with Gasteiger partial charge in [-0.25, -0.2) is 4.79 Å². The van der Waals surface area contributed by atoms with E-state index in [0.717, 1.165) is 28.3 Å². The normalized spacial score (nSPS) is 16.1. The summed E-state index contributed by atoms with van der Waals surface area (Å²) in [6, 6.07) is 26.8. The Bertz CT molecular complexity index is 1550. The zero-order valence-corrected chi connectivity index (χ0v) is 23.1. The molecule has 1 fully saturated rings. The van der Waals surface area contributed by atoms with Crippen LogP contribution in [0.5, 0.6) is 0 Å². The summed E-state index contributed by atoms with van der Waals surface area (Å²) in [4.78, 5) is 28.1. The molecular formula is C33H34F4N2O3. The molecule has 2 N–H and O–H groups in total. The average molecular weight is 583 g/mol. The van der Waals surface area contributed by atoms with Crippen LogP contribution in [0.4, 0.5) is 17.9 Å². The van der Waals surface area contributed by atoms with Gasteiger partial charge in [-0.1, -0.05) is 78.9 Å². The van der Waals surface area contributed by atoms with E-state index in [1.165, 1.54) is 10.9 Å². The molecule has 222 valence electrons. The summed E-state index contributed by atoms with van der Waals surface area (Å²) in [5, 5.41) is 16.7. The summed E-state index contributed by atoms with van der Waals surface area (Å²) in [7, 11) is 0. The van der Waals surface area contributed by atoms with Gasteiger partial charge in [0.2, 0.25) is 5.91 Å². The second-order valence-corrected chi connectivity index (χ2v) is 11.0. The summed E-state index contributed by atoms with van der Waals surface area (Å²) < 4.78 is 38.1. The first-order valence-electron chi connectivity index (χ1n) is 13.9. The number of rotatable bonds is 9. The molecule has 1 amide bonds. The first kappa shape index (κ1) is 31.0. The predicted molar refractivity (Wildman–Crippen MR) is 156 cm³/mol. The van der Waals surface area contributed by atoms with E-state index < -0.39 is 35.9 Å². The summed E-state index contributed by atoms with van der Waals surface area (Å²) in [5.74, 6) is -1.78. The van der Waals surface area contributed by atoms with Crippen LogP contribution >= 0.6 is 0 Å². The highest BCUT2D eigenvalue weighted by atomic mass is 19.4. The second-order valence-electron chi connectivity index (χ2n) is 11.0. The third-order valence-electron chi connectivity index (χ3n) is 8.22. The number of likely N-dealkylation sites (tertiary alicyclic amines) is 1. The molecule has 0 bridgehead atoms. The monoisotopic (exact) mass is 582 g/mol. The lowest BCUT2D eigenvalue weighted by Crippen LogP contribution is -2.55. The average Bonchev–Trinajstić information content (AvgIpc) is 2.96. The molecule has 9 heteroatoms. The van der Waals surface area contributed by atoms with E-state index in [2.05, 4.69) is 40.5 Å². The zero-order valence-electron chi connectivity index (χ0n) is 23.1. The quantitative estimate of drug-likeness (QED) is 0.209. The molecule has 4 aromatic rings. The van der Waals surface area contributed by atoms with Crippen LogP contribution in [0.1, 0.15) is 43.2 Å². The topological polar surface area (TPSA) is 69.6 Å². The zero-order chi connectivity index (χ0) is 29.0. The minimum absolute atomic E-state index is 0. The lowest BCUT2D eigenvalue weighted by Gasteiger charge is -2.41. The molecule has 1 aliphatic heterocycles. The number of alkyl halides is 3. The Morgan fingerprint density at radius 1 is 0.857 bits per heavy atom. The van der Waals surface area contributed by atoms with Gasteiger partial charge in [-0.05, 0) is 77.5 Å². The number of piperidine rings is 1. The SMILES string of the molecule is F.O=C(O)[C@H](CCCC(F)(F)F)NC(=O)C1(c2ccc3ccccc3c2)CCN(Cc2ccc3ccccc3c2)CC1. The van der Waals surface area contributed by atoms with Gasteiger partial charge in [-0.2, -0.15) is 13.2 Å². The minimum Gasteiger partial charge on any atom is -0.480 e. The number of carboxylic acid groups (broad SMARTS) is 1. The molecule has 42 heavy (non-hydrogen) atoms. The van der Waals surface area contributed by atoms with Crippen molar-refractivity contribution < 1.29 is 32.6 Å². The van der Waals surface area contributed by atoms with Gasteiger partial charge >= 0.3 is 12.1 Å². The Morgan fingerprint density at radius 3 is 2.02 bits per heavy atom. The van der Waals surface area contributed by atoms with Gasteiger partial charge in [-0.15, -0.1) is 0 Å². The minimum atomic E-state index is -4.38. The Balaban J connectivity index is 0.00000405. The molecule has 0 radical (unpaired) electrons. The van der Waals surface area contributed by atoms with Crippen LogP contribution in [0.3, 0.4) is 0 Å². The van der Waals surface area contributed by atoms with Crippen molar-refractivity contribution >= 4 is 33.4 Å². The molecule has 4 aromatic carbocycles. The first-order chi connectivity index (χ1) is 19.6. The number of benzene rings is 4. The van der Waals surface area contributed by atoms with Gasteiger partial charge in [0.1, 0.15) is 6.04 Å². The van der Waals surface area contributed by atoms with Crippen LogP contribution in [-0.4, -0.2) is 47.2 Å². The van der Waals surface area contributed by atoms with Crippen molar-refractivity contribution in [3.8, 4) is 0 Å². The second kappa shape index (κ2) is 12.9. The number of carbonyl (C=O) groups is 2. The van der Waals surface area contributed by atoms with Gasteiger partial charge in [-0.3, -0.25) is 14.4 Å². The van der Waals surface area contributed by atoms with E-state index >= 15 is 0 Å². The van der Waals surface area contributed by atoms with Gasteiger partial charge in [0.05, 0.1) is 5.41 Å². The van der Waals surface area contributed by atoms with E-state index in [0.29, 0.717) is 25.9 Å². The molecule has 1 saturated heterocycles. The van der Waals surface area contributed by atoms with Crippen LogP contribution in [0, 0.1) is 0 Å². The van der Waals surface area contributed by atoms with Crippen LogP contribution in [0.25, 0.3) is 21.5 Å². The van der Waals surface area contributed by atoms with Gasteiger partial charge in [0.25, 0.3) is 0 Å². The van der Waals surface area contributed by atoms with Crippen LogP contribution in [0.2, 0.25) is 0 Å². The highest BCUT2D eigenvalue weighted by molar-refractivity contribution is 5.93. The number of fused-ring (bicyclic) bond motifs is 2. The molecule has 0 aromatic heterocycles. The van der Waals surface area contributed by atoms with Crippen molar-refractivity contribution in [1.29, 1.82) is 0 Å². The van der Waals surface area contributed by atoms with Crippen molar-refractivity contribution in [1.82, 2.24) is 10.2 Å². The maximum Gasteiger partial charge on any atom is 0.389 e. The van der Waals surface area contributed by atoms with Crippen LogP contribution in [0.15, 0.2) is 84.9 Å². The molecule has 1 atom stereocenters. The lowest BCUT2D eigenvalue weighted by atomic mass is 9.71. The third-order valence-corrected chi connectivity index (χ3v) is 8.22. The van der Waals surface area contributed by atoms with E-state index in [4.69, 9.17) is 0 Å². The number of halogens is 4. The number of hydrogen-bond acceptors (Lipinski definition) is 3. The van der Waals surface area contributed by atoms with Crippen LogP contribution < -0.4 is 5.32 Å². The number of amides is 1. The maximum absolute atomic E-state index is 13.9. The molecule has 5 nitrogen and oxygen atoms in total. The maximum atomic E-state index is 13.9. The van der Waals surface area contributed by atoms with Crippen molar-refractivity contribution in [3.63, 3.8) is 0 Å². The summed E-state index contributed by atoms with van der Waals surface area (Å²) in [6.45, 7) is 1.94. The molecule has 0 unspecified atom stereocenters.